The van der Waals surface area contributed by atoms with E-state index in [0.29, 0.717) is 17.8 Å². The van der Waals surface area contributed by atoms with Crippen molar-refractivity contribution in [3.8, 4) is 5.69 Å². The molecule has 1 aromatic carbocycles. The van der Waals surface area contributed by atoms with Crippen LogP contribution in [0.1, 0.15) is 11.6 Å². The Morgan fingerprint density at radius 2 is 1.69 bits per heavy atom. The first-order chi connectivity index (χ1) is 11.9. The highest BCUT2D eigenvalue weighted by Gasteiger charge is 2.65. The lowest BCUT2D eigenvalue weighted by Gasteiger charge is -2.40. The van der Waals surface area contributed by atoms with Crippen LogP contribution in [0.5, 0.6) is 0 Å². The molecule has 0 amide bonds. The quantitative estimate of drug-likeness (QED) is 0.387. The normalized spacial score (nSPS) is 18.4. The molecule has 1 aliphatic heterocycles. The summed E-state index contributed by atoms with van der Waals surface area (Å²) in [6.07, 6.45) is 1.58. The van der Waals surface area contributed by atoms with Crippen molar-refractivity contribution in [2.45, 2.75) is 10.8 Å². The van der Waals surface area contributed by atoms with Gasteiger partial charge in [0, 0.05) is 28.8 Å². The number of aromatic nitrogens is 3. The van der Waals surface area contributed by atoms with Crippen LogP contribution in [-0.4, -0.2) is 27.9 Å². The minimum atomic E-state index is -9.69. The second kappa shape index (κ2) is 5.07. The third-order valence-corrected chi connectivity index (χ3v) is 6.30. The van der Waals surface area contributed by atoms with Crippen molar-refractivity contribution in [2.75, 3.05) is 13.1 Å². The zero-order valence-corrected chi connectivity index (χ0v) is 15.9. The fourth-order valence-corrected chi connectivity index (χ4v) is 4.15. The maximum atomic E-state index is 12.9. The van der Waals surface area contributed by atoms with Gasteiger partial charge in [0.25, 0.3) is 0 Å². The highest BCUT2D eigenvalue weighted by Crippen LogP contribution is 3.02. The van der Waals surface area contributed by atoms with Crippen molar-refractivity contribution in [3.63, 3.8) is 0 Å². The molecule has 0 saturated carbocycles. The van der Waals surface area contributed by atoms with E-state index in [0.717, 1.165) is 39.9 Å². The van der Waals surface area contributed by atoms with E-state index in [9.17, 15) is 19.4 Å². The van der Waals surface area contributed by atoms with Crippen molar-refractivity contribution < 1.29 is 19.4 Å². The maximum absolute atomic E-state index is 12.9. The summed E-state index contributed by atoms with van der Waals surface area (Å²) in [6, 6.07) is 4.58. The van der Waals surface area contributed by atoms with Crippen molar-refractivity contribution in [2.24, 2.45) is 0 Å². The van der Waals surface area contributed by atoms with Gasteiger partial charge >= 0.3 is 10.2 Å². The van der Waals surface area contributed by atoms with Gasteiger partial charge in [-0.2, -0.15) is 5.10 Å². The fourth-order valence-electron chi connectivity index (χ4n) is 2.82. The molecule has 0 radical (unpaired) electrons. The third-order valence-electron chi connectivity index (χ3n) is 4.24. The molecule has 3 heterocycles. The van der Waals surface area contributed by atoms with Crippen molar-refractivity contribution in [3.05, 3.63) is 45.8 Å². The maximum Gasteiger partial charge on any atom is 0.310 e. The van der Waals surface area contributed by atoms with Gasteiger partial charge in [0.2, 0.25) is 0 Å². The van der Waals surface area contributed by atoms with E-state index in [-0.39, 0.29) is 11.6 Å². The Morgan fingerprint density at radius 3 is 2.23 bits per heavy atom. The van der Waals surface area contributed by atoms with Crippen LogP contribution < -0.4 is 5.32 Å². The molecule has 4 nitrogen and oxygen atoms in total. The van der Waals surface area contributed by atoms with Crippen LogP contribution >= 0.6 is 32.8 Å². The van der Waals surface area contributed by atoms with Crippen LogP contribution in [-0.2, 0) is 0 Å². The lowest BCUT2D eigenvalue weighted by molar-refractivity contribution is 0.364. The van der Waals surface area contributed by atoms with Gasteiger partial charge in [-0.1, -0.05) is 19.4 Å². The second-order valence-electron chi connectivity index (χ2n) is 6.11. The topological polar surface area (TPSA) is 42.7 Å². The summed E-state index contributed by atoms with van der Waals surface area (Å²) in [5.41, 5.74) is 1.53. The number of halogens is 6. The molecule has 140 valence electrons. The molecule has 3 aromatic rings. The molecule has 11 heteroatoms. The number of hydrogen-bond donors (Lipinski definition) is 1. The zero-order chi connectivity index (χ0) is 18.8. The van der Waals surface area contributed by atoms with Crippen molar-refractivity contribution >= 4 is 43.8 Å². The van der Waals surface area contributed by atoms with Gasteiger partial charge in [-0.15, -0.1) is 0 Å². The predicted molar refractivity (Wildman–Crippen MR) is 98.6 cm³/mol. The van der Waals surface area contributed by atoms with Gasteiger partial charge < -0.3 is 5.32 Å². The lowest BCUT2D eigenvalue weighted by Crippen LogP contribution is -2.40. The molecule has 1 fully saturated rings. The number of hydrogen-bond acceptors (Lipinski definition) is 3. The molecule has 0 aliphatic carbocycles. The fraction of sp³-hybridized carbons (Fsp3) is 0.200. The Kier molecular flexibility index (Phi) is 3.50. The molecule has 26 heavy (non-hydrogen) atoms. The molecular formula is C15H12F5IN4S. The van der Waals surface area contributed by atoms with E-state index < -0.39 is 15.1 Å². The molecule has 4 rings (SSSR count). The van der Waals surface area contributed by atoms with Crippen LogP contribution in [0, 0.1) is 3.57 Å². The van der Waals surface area contributed by atoms with Gasteiger partial charge in [0.05, 0.1) is 16.8 Å². The Labute approximate surface area is 158 Å². The van der Waals surface area contributed by atoms with Crippen LogP contribution in [0.3, 0.4) is 0 Å². The predicted octanol–water partition coefficient (Wildman–Crippen LogP) is 5.37. The summed E-state index contributed by atoms with van der Waals surface area (Å²) in [4.78, 5) is 2.37. The Hall–Kier alpha value is -1.47. The summed E-state index contributed by atoms with van der Waals surface area (Å²) in [5.74, 6) is 0.181. The summed E-state index contributed by atoms with van der Waals surface area (Å²) >= 11 is 2.15. The number of benzene rings is 1. The van der Waals surface area contributed by atoms with Crippen LogP contribution in [0.2, 0.25) is 0 Å². The monoisotopic (exact) mass is 502 g/mol. The highest BCUT2D eigenvalue weighted by molar-refractivity contribution is 14.1. The largest absolute Gasteiger partial charge is 0.315 e. The molecule has 0 atom stereocenters. The lowest BCUT2D eigenvalue weighted by atomic mass is 9.97. The summed E-state index contributed by atoms with van der Waals surface area (Å²) in [7, 11) is -9.69. The van der Waals surface area contributed by atoms with E-state index in [1.165, 1.54) is 4.68 Å². The van der Waals surface area contributed by atoms with Gasteiger partial charge in [0.1, 0.15) is 4.90 Å². The number of nitrogens with one attached hydrogen (secondary N) is 1. The first kappa shape index (κ1) is 17.9. The first-order valence-electron chi connectivity index (χ1n) is 7.52. The van der Waals surface area contributed by atoms with E-state index >= 15 is 0 Å². The number of nitrogens with zero attached hydrogens (tertiary/aromatic N) is 3. The smallest absolute Gasteiger partial charge is 0.310 e. The van der Waals surface area contributed by atoms with Crippen LogP contribution in [0.4, 0.5) is 19.4 Å². The van der Waals surface area contributed by atoms with Crippen LogP contribution in [0.15, 0.2) is 41.4 Å². The number of fused-ring (bicyclic) bond motifs is 1. The molecule has 1 aliphatic rings. The van der Waals surface area contributed by atoms with E-state index in [2.05, 4.69) is 38.0 Å². The first-order valence-corrected chi connectivity index (χ1v) is 10.6. The van der Waals surface area contributed by atoms with Crippen LogP contribution in [0.25, 0.3) is 16.7 Å². The SMILES string of the molecule is FS(F)(F)(F)(F)c1ccc(-n2nc(C3CNC3)c3c(I)ccnc32)cc1. The molecule has 1 N–H and O–H groups in total. The minimum Gasteiger partial charge on any atom is -0.315 e. The Balaban J connectivity index is 1.87. The van der Waals surface area contributed by atoms with E-state index in [1.807, 2.05) is 6.07 Å². The Morgan fingerprint density at radius 1 is 1.04 bits per heavy atom. The van der Waals surface area contributed by atoms with Gasteiger partial charge in [-0.3, -0.25) is 0 Å². The molecule has 1 saturated heterocycles. The molecular weight excluding hydrogens is 490 g/mol. The molecule has 0 spiro atoms. The van der Waals surface area contributed by atoms with Gasteiger partial charge in [-0.05, 0) is 52.9 Å². The minimum absolute atomic E-state index is 0.181. The van der Waals surface area contributed by atoms with Crippen molar-refractivity contribution in [1.82, 2.24) is 20.1 Å². The Bertz CT molecular complexity index is 1010. The van der Waals surface area contributed by atoms with Gasteiger partial charge in [-0.25, -0.2) is 9.67 Å². The summed E-state index contributed by atoms with van der Waals surface area (Å²) in [6.45, 7) is 1.50. The highest BCUT2D eigenvalue weighted by atomic mass is 127. The molecule has 0 bridgehead atoms. The van der Waals surface area contributed by atoms with E-state index in [4.69, 9.17) is 0 Å². The standard InChI is InChI=1S/C15H12F5IN4S/c16-26(17,18,19,20)11-3-1-10(2-4-11)25-15-13(12(21)5-6-23-15)14(24-25)9-7-22-8-9/h1-6,9,22H,7-8H2. The molecule has 0 unspecified atom stereocenters. The third kappa shape index (κ3) is 3.05. The van der Waals surface area contributed by atoms with Crippen molar-refractivity contribution in [1.29, 1.82) is 0 Å². The zero-order valence-electron chi connectivity index (χ0n) is 13.0. The summed E-state index contributed by atoms with van der Waals surface area (Å²) in [5, 5.41) is 8.50. The summed E-state index contributed by atoms with van der Waals surface area (Å²) < 4.78 is 66.9. The average molecular weight is 502 g/mol. The van der Waals surface area contributed by atoms with E-state index in [1.54, 1.807) is 6.20 Å². The number of rotatable bonds is 3. The van der Waals surface area contributed by atoms with Gasteiger partial charge in [0.15, 0.2) is 5.65 Å². The number of pyridine rings is 1. The molecule has 2 aromatic heterocycles. The second-order valence-corrected chi connectivity index (χ2v) is 9.68. The average Bonchev–Trinajstić information content (AvgIpc) is 2.84.